The summed E-state index contributed by atoms with van der Waals surface area (Å²) in [5.74, 6) is 0. The molecule has 0 aromatic heterocycles. The SMILES string of the molecule is Cc1cc2ccccc2[cH-]1.[Cl-].[Cl-].[Hf+4].c1cc2c([cH-]1)CCCC2. The van der Waals surface area contributed by atoms with E-state index in [9.17, 15) is 0 Å². The van der Waals surface area contributed by atoms with Crippen LogP contribution < -0.4 is 24.8 Å². The molecule has 1 aliphatic rings. The minimum absolute atomic E-state index is 0. The minimum atomic E-state index is 0. The van der Waals surface area contributed by atoms with Crippen molar-refractivity contribution in [2.45, 2.75) is 32.6 Å². The molecule has 0 aliphatic heterocycles. The predicted octanol–water partition coefficient (Wildman–Crippen LogP) is -0.843. The van der Waals surface area contributed by atoms with Crippen molar-refractivity contribution in [1.29, 1.82) is 0 Å². The number of hydrogen-bond donors (Lipinski definition) is 0. The average molecular weight is 498 g/mol. The van der Waals surface area contributed by atoms with Gasteiger partial charge in [0.2, 0.25) is 0 Å². The van der Waals surface area contributed by atoms with Gasteiger partial charge in [-0.15, -0.1) is 40.6 Å². The molecular weight excluding hydrogens is 478 g/mol. The number of benzene rings is 1. The Hall–Kier alpha value is -0.370. The van der Waals surface area contributed by atoms with Gasteiger partial charge in [-0.25, -0.2) is 6.07 Å². The molecule has 0 spiro atoms. The zero-order valence-electron chi connectivity index (χ0n) is 12.8. The van der Waals surface area contributed by atoms with Gasteiger partial charge in [-0.2, -0.15) is 29.3 Å². The number of rotatable bonds is 0. The predicted molar refractivity (Wildman–Crippen MR) is 83.0 cm³/mol. The molecule has 0 atom stereocenters. The van der Waals surface area contributed by atoms with E-state index in [1.165, 1.54) is 42.0 Å². The van der Waals surface area contributed by atoms with E-state index in [0.29, 0.717) is 0 Å². The molecular formula is C19H20Cl2Hf. The summed E-state index contributed by atoms with van der Waals surface area (Å²) in [7, 11) is 0. The fourth-order valence-electron chi connectivity index (χ4n) is 2.92. The zero-order chi connectivity index (χ0) is 13.1. The van der Waals surface area contributed by atoms with Gasteiger partial charge in [0.15, 0.2) is 0 Å². The number of aryl methyl sites for hydroxylation is 3. The Morgan fingerprint density at radius 2 is 1.68 bits per heavy atom. The van der Waals surface area contributed by atoms with E-state index in [0.717, 1.165) is 0 Å². The van der Waals surface area contributed by atoms with Crippen molar-refractivity contribution in [2.75, 3.05) is 0 Å². The standard InChI is InChI=1S/C10H9.C9H11.2ClH.Hf/c1-8-6-9-4-2-3-5-10(9)7-8;1-2-5-9-7-3-6-8(9)4-1;;;/h2-7H,1H3;3,6-7H,1-2,4-5H2;2*1H;/q2*-1;;;+4/p-2. The topological polar surface area (TPSA) is 0 Å². The molecule has 0 nitrogen and oxygen atoms in total. The van der Waals surface area contributed by atoms with Crippen LogP contribution in [0.1, 0.15) is 29.5 Å². The van der Waals surface area contributed by atoms with Gasteiger partial charge in [0.25, 0.3) is 0 Å². The van der Waals surface area contributed by atoms with E-state index >= 15 is 0 Å². The number of hydrogen-bond acceptors (Lipinski definition) is 0. The van der Waals surface area contributed by atoms with Gasteiger partial charge in [0.1, 0.15) is 0 Å². The third kappa shape index (κ3) is 5.37. The quantitative estimate of drug-likeness (QED) is 0.281. The molecule has 1 aliphatic carbocycles. The van der Waals surface area contributed by atoms with E-state index < -0.39 is 0 Å². The Kier molecular flexibility index (Phi) is 10.2. The molecule has 3 aromatic rings. The monoisotopic (exact) mass is 498 g/mol. The Morgan fingerprint density at radius 1 is 0.955 bits per heavy atom. The van der Waals surface area contributed by atoms with Crippen molar-refractivity contribution in [3.63, 3.8) is 0 Å². The van der Waals surface area contributed by atoms with Gasteiger partial charge in [-0.1, -0.05) is 38.7 Å². The third-order valence-electron chi connectivity index (χ3n) is 3.91. The van der Waals surface area contributed by atoms with Crippen LogP contribution in [-0.2, 0) is 38.7 Å². The van der Waals surface area contributed by atoms with Crippen LogP contribution in [0.25, 0.3) is 10.8 Å². The van der Waals surface area contributed by atoms with E-state index in [1.807, 2.05) is 0 Å². The first-order valence-electron chi connectivity index (χ1n) is 7.18. The average Bonchev–Trinajstić information content (AvgIpc) is 3.03. The molecule has 114 valence electrons. The van der Waals surface area contributed by atoms with Gasteiger partial charge < -0.3 is 24.8 Å². The summed E-state index contributed by atoms with van der Waals surface area (Å²) in [5.41, 5.74) is 4.55. The normalized spacial score (nSPS) is 11.9. The van der Waals surface area contributed by atoms with Crippen LogP contribution in [0.3, 0.4) is 0 Å². The van der Waals surface area contributed by atoms with E-state index in [-0.39, 0.29) is 50.7 Å². The van der Waals surface area contributed by atoms with Crippen molar-refractivity contribution >= 4 is 10.8 Å². The minimum Gasteiger partial charge on any atom is -1.00 e. The van der Waals surface area contributed by atoms with Crippen molar-refractivity contribution in [2.24, 2.45) is 0 Å². The largest absolute Gasteiger partial charge is 4.00 e. The van der Waals surface area contributed by atoms with Crippen LogP contribution >= 0.6 is 0 Å². The maximum atomic E-state index is 2.26. The summed E-state index contributed by atoms with van der Waals surface area (Å²) in [5, 5.41) is 2.69. The molecule has 3 aromatic carbocycles. The Bertz CT molecular complexity index is 613. The molecule has 0 saturated carbocycles. The van der Waals surface area contributed by atoms with Crippen LogP contribution in [0.5, 0.6) is 0 Å². The van der Waals surface area contributed by atoms with Crippen LogP contribution in [0.4, 0.5) is 0 Å². The van der Waals surface area contributed by atoms with Crippen LogP contribution in [0.15, 0.2) is 54.6 Å². The molecule has 0 fully saturated rings. The number of fused-ring (bicyclic) bond motifs is 2. The molecule has 0 radical (unpaired) electrons. The van der Waals surface area contributed by atoms with Gasteiger partial charge in [-0.3, -0.25) is 0 Å². The van der Waals surface area contributed by atoms with Crippen LogP contribution in [-0.4, -0.2) is 0 Å². The van der Waals surface area contributed by atoms with E-state index in [1.54, 1.807) is 11.1 Å². The molecule has 0 saturated heterocycles. The first kappa shape index (κ1) is 21.6. The van der Waals surface area contributed by atoms with Gasteiger partial charge in [0, 0.05) is 0 Å². The van der Waals surface area contributed by atoms with Gasteiger partial charge >= 0.3 is 25.8 Å². The van der Waals surface area contributed by atoms with E-state index in [2.05, 4.69) is 61.5 Å². The molecule has 3 heteroatoms. The summed E-state index contributed by atoms with van der Waals surface area (Å²) in [6, 6.07) is 19.5. The molecule has 22 heavy (non-hydrogen) atoms. The van der Waals surface area contributed by atoms with Gasteiger partial charge in [0.05, 0.1) is 0 Å². The zero-order valence-corrected chi connectivity index (χ0v) is 17.9. The summed E-state index contributed by atoms with van der Waals surface area (Å²) in [6.07, 6.45) is 5.44. The van der Waals surface area contributed by atoms with E-state index in [4.69, 9.17) is 0 Å². The molecule has 0 amide bonds. The Balaban J connectivity index is 0.000000354. The second-order valence-corrected chi connectivity index (χ2v) is 5.44. The fraction of sp³-hybridized carbons (Fsp3) is 0.263. The second kappa shape index (κ2) is 10.4. The first-order chi connectivity index (χ1) is 9.33. The van der Waals surface area contributed by atoms with Gasteiger partial charge in [-0.05, 0) is 0 Å². The molecule has 4 rings (SSSR count). The maximum absolute atomic E-state index is 2.26. The second-order valence-electron chi connectivity index (χ2n) is 5.44. The van der Waals surface area contributed by atoms with Crippen LogP contribution in [0.2, 0.25) is 0 Å². The summed E-state index contributed by atoms with van der Waals surface area (Å²) in [6.45, 7) is 2.12. The van der Waals surface area contributed by atoms with Crippen molar-refractivity contribution in [3.8, 4) is 0 Å². The fourth-order valence-corrected chi connectivity index (χ4v) is 2.92. The Labute approximate surface area is 164 Å². The van der Waals surface area contributed by atoms with Crippen molar-refractivity contribution < 1.29 is 50.7 Å². The maximum Gasteiger partial charge on any atom is 4.00 e. The smallest absolute Gasteiger partial charge is 1.00 e. The van der Waals surface area contributed by atoms with Crippen LogP contribution in [0, 0.1) is 6.92 Å². The Morgan fingerprint density at radius 3 is 2.41 bits per heavy atom. The summed E-state index contributed by atoms with van der Waals surface area (Å²) in [4.78, 5) is 0. The summed E-state index contributed by atoms with van der Waals surface area (Å²) >= 11 is 0. The van der Waals surface area contributed by atoms with Crippen molar-refractivity contribution in [1.82, 2.24) is 0 Å². The molecule has 0 heterocycles. The summed E-state index contributed by atoms with van der Waals surface area (Å²) < 4.78 is 0. The molecule has 0 unspecified atom stereocenters. The third-order valence-corrected chi connectivity index (χ3v) is 3.91. The number of halogens is 2. The molecule has 0 bridgehead atoms. The first-order valence-corrected chi connectivity index (χ1v) is 7.18. The molecule has 0 N–H and O–H groups in total. The van der Waals surface area contributed by atoms with Crippen molar-refractivity contribution in [3.05, 3.63) is 71.3 Å².